The van der Waals surface area contributed by atoms with Crippen LogP contribution in [0.25, 0.3) is 0 Å². The Morgan fingerprint density at radius 2 is 1.46 bits per heavy atom. The summed E-state index contributed by atoms with van der Waals surface area (Å²) in [5, 5.41) is 17.9. The van der Waals surface area contributed by atoms with Gasteiger partial charge in [-0.15, -0.1) is 0 Å². The number of benzene rings is 2. The first-order chi connectivity index (χ1) is 19.6. The SMILES string of the molecule is CCOC(=O)C1=C(C)NC(C)=C(C(=O)OCC)C1c1ccc(OCC(=O)N/N=C(\C)c2ccc([N+](=O)[O-])cc2)cc1. The highest BCUT2D eigenvalue weighted by molar-refractivity contribution is 6.00. The molecule has 216 valence electrons. The molecule has 0 bridgehead atoms. The van der Waals surface area contributed by atoms with Gasteiger partial charge in [0.25, 0.3) is 11.6 Å². The van der Waals surface area contributed by atoms with Crippen molar-refractivity contribution in [1.82, 2.24) is 10.7 Å². The molecule has 1 heterocycles. The van der Waals surface area contributed by atoms with Crippen molar-refractivity contribution in [1.29, 1.82) is 0 Å². The zero-order valence-electron chi connectivity index (χ0n) is 23.5. The normalized spacial score (nSPS) is 13.8. The van der Waals surface area contributed by atoms with Crippen LogP contribution in [0.1, 0.15) is 51.7 Å². The number of ether oxygens (including phenoxy) is 3. The summed E-state index contributed by atoms with van der Waals surface area (Å²) in [5.41, 5.74) is 5.80. The van der Waals surface area contributed by atoms with E-state index in [2.05, 4.69) is 15.8 Å². The topological polar surface area (TPSA) is 158 Å². The number of carbonyl (C=O) groups is 3. The van der Waals surface area contributed by atoms with Gasteiger partial charge < -0.3 is 19.5 Å². The van der Waals surface area contributed by atoms with E-state index in [0.29, 0.717) is 45.1 Å². The van der Waals surface area contributed by atoms with Gasteiger partial charge in [-0.1, -0.05) is 12.1 Å². The Hall–Kier alpha value is -5.00. The van der Waals surface area contributed by atoms with Gasteiger partial charge in [0.15, 0.2) is 6.61 Å². The first kappa shape index (κ1) is 30.5. The molecule has 12 nitrogen and oxygen atoms in total. The minimum atomic E-state index is -0.733. The molecule has 12 heteroatoms. The van der Waals surface area contributed by atoms with Crippen LogP contribution in [0.3, 0.4) is 0 Å². The molecule has 41 heavy (non-hydrogen) atoms. The fraction of sp³-hybridized carbons (Fsp3) is 0.310. The summed E-state index contributed by atoms with van der Waals surface area (Å²) >= 11 is 0. The molecule has 0 saturated carbocycles. The lowest BCUT2D eigenvalue weighted by Crippen LogP contribution is -2.32. The summed E-state index contributed by atoms with van der Waals surface area (Å²) in [6.45, 7) is 8.57. The molecule has 0 saturated heterocycles. The molecule has 1 aliphatic heterocycles. The van der Waals surface area contributed by atoms with Crippen LogP contribution in [-0.2, 0) is 23.9 Å². The number of nitrogens with one attached hydrogen (secondary N) is 2. The molecule has 0 radical (unpaired) electrons. The van der Waals surface area contributed by atoms with Crippen LogP contribution in [0.2, 0.25) is 0 Å². The van der Waals surface area contributed by atoms with Gasteiger partial charge in [0.05, 0.1) is 40.9 Å². The Morgan fingerprint density at radius 3 is 1.95 bits per heavy atom. The van der Waals surface area contributed by atoms with Crippen LogP contribution < -0.4 is 15.5 Å². The zero-order valence-corrected chi connectivity index (χ0v) is 23.5. The summed E-state index contributed by atoms with van der Waals surface area (Å²) in [5.74, 6) is -1.95. The lowest BCUT2D eigenvalue weighted by molar-refractivity contribution is -0.384. The zero-order chi connectivity index (χ0) is 30.1. The highest BCUT2D eigenvalue weighted by atomic mass is 16.6. The number of allylic oxidation sites excluding steroid dienone is 2. The van der Waals surface area contributed by atoms with E-state index in [4.69, 9.17) is 14.2 Å². The predicted molar refractivity (Wildman–Crippen MR) is 150 cm³/mol. The second-order valence-corrected chi connectivity index (χ2v) is 8.97. The van der Waals surface area contributed by atoms with E-state index in [1.54, 1.807) is 58.9 Å². The van der Waals surface area contributed by atoms with Gasteiger partial charge in [-0.2, -0.15) is 5.10 Å². The van der Waals surface area contributed by atoms with Crippen LogP contribution >= 0.6 is 0 Å². The number of dihydropyridines is 1. The van der Waals surface area contributed by atoms with Gasteiger partial charge in [0, 0.05) is 23.5 Å². The first-order valence-electron chi connectivity index (χ1n) is 12.9. The Balaban J connectivity index is 1.73. The van der Waals surface area contributed by atoms with Gasteiger partial charge >= 0.3 is 11.9 Å². The highest BCUT2D eigenvalue weighted by Gasteiger charge is 2.37. The molecule has 2 N–H and O–H groups in total. The second-order valence-electron chi connectivity index (χ2n) is 8.97. The van der Waals surface area contributed by atoms with Gasteiger partial charge in [-0.05, 0) is 70.0 Å². The van der Waals surface area contributed by atoms with E-state index >= 15 is 0 Å². The number of nitro benzene ring substituents is 1. The van der Waals surface area contributed by atoms with Gasteiger partial charge in [0.1, 0.15) is 5.75 Å². The maximum Gasteiger partial charge on any atom is 0.336 e. The molecule has 0 aromatic heterocycles. The number of hydrogen-bond donors (Lipinski definition) is 2. The van der Waals surface area contributed by atoms with Crippen molar-refractivity contribution < 1.29 is 33.5 Å². The Bertz CT molecular complexity index is 1370. The quantitative estimate of drug-likeness (QED) is 0.179. The van der Waals surface area contributed by atoms with Crippen molar-refractivity contribution in [2.45, 2.75) is 40.5 Å². The maximum atomic E-state index is 12.9. The van der Waals surface area contributed by atoms with Crippen LogP contribution in [0.15, 0.2) is 76.2 Å². The largest absolute Gasteiger partial charge is 0.484 e. The highest BCUT2D eigenvalue weighted by Crippen LogP contribution is 2.39. The molecule has 3 rings (SSSR count). The predicted octanol–water partition coefficient (Wildman–Crippen LogP) is 3.88. The summed E-state index contributed by atoms with van der Waals surface area (Å²) in [7, 11) is 0. The third-order valence-electron chi connectivity index (χ3n) is 6.18. The van der Waals surface area contributed by atoms with Gasteiger partial charge in [-0.3, -0.25) is 14.9 Å². The van der Waals surface area contributed by atoms with E-state index in [1.807, 2.05) is 0 Å². The molecule has 0 fully saturated rings. The van der Waals surface area contributed by atoms with Crippen molar-refractivity contribution in [2.75, 3.05) is 19.8 Å². The number of nitrogens with zero attached hydrogens (tertiary/aromatic N) is 2. The summed E-state index contributed by atoms with van der Waals surface area (Å²) < 4.78 is 16.1. The number of non-ortho nitro benzene ring substituents is 1. The molecule has 0 aliphatic carbocycles. The van der Waals surface area contributed by atoms with Crippen molar-refractivity contribution >= 4 is 29.2 Å². The summed E-state index contributed by atoms with van der Waals surface area (Å²) in [6, 6.07) is 12.5. The third-order valence-corrected chi connectivity index (χ3v) is 6.18. The smallest absolute Gasteiger partial charge is 0.336 e. The van der Waals surface area contributed by atoms with Crippen LogP contribution in [0.5, 0.6) is 5.75 Å². The standard InChI is InChI=1S/C29H32N4O8/c1-6-39-28(35)25-18(4)30-19(5)26(29(36)40-7-2)27(25)21-10-14-23(15-11-21)41-16-24(34)32-31-17(3)20-8-12-22(13-9-20)33(37)38/h8-15,27,30H,6-7,16H2,1-5H3,(H,32,34)/b31-17+. The van der Waals surface area contributed by atoms with E-state index in [0.717, 1.165) is 0 Å². The molecular formula is C29H32N4O8. The molecular weight excluding hydrogens is 532 g/mol. The lowest BCUT2D eigenvalue weighted by atomic mass is 9.80. The van der Waals surface area contributed by atoms with Crippen molar-refractivity contribution in [3.05, 3.63) is 92.3 Å². The number of carbonyl (C=O) groups excluding carboxylic acids is 3. The number of hydrogen-bond acceptors (Lipinski definition) is 10. The molecule has 1 aliphatic rings. The van der Waals surface area contributed by atoms with Crippen LogP contribution in [0.4, 0.5) is 5.69 Å². The number of amides is 1. The first-order valence-corrected chi connectivity index (χ1v) is 12.9. The average molecular weight is 565 g/mol. The number of nitro groups is 1. The summed E-state index contributed by atoms with van der Waals surface area (Å²) in [4.78, 5) is 48.4. The van der Waals surface area contributed by atoms with Crippen molar-refractivity contribution in [3.63, 3.8) is 0 Å². The minimum absolute atomic E-state index is 0.0447. The molecule has 0 unspecified atom stereocenters. The lowest BCUT2D eigenvalue weighted by Gasteiger charge is -2.30. The van der Waals surface area contributed by atoms with E-state index in [1.165, 1.54) is 24.3 Å². The van der Waals surface area contributed by atoms with Crippen LogP contribution in [0, 0.1) is 10.1 Å². The van der Waals surface area contributed by atoms with Gasteiger partial charge in [0.2, 0.25) is 0 Å². The monoisotopic (exact) mass is 564 g/mol. The molecule has 1 amide bonds. The molecule has 0 atom stereocenters. The molecule has 2 aromatic carbocycles. The average Bonchev–Trinajstić information content (AvgIpc) is 2.94. The number of hydrazone groups is 1. The van der Waals surface area contributed by atoms with Crippen molar-refractivity contribution in [3.8, 4) is 5.75 Å². The summed E-state index contributed by atoms with van der Waals surface area (Å²) in [6.07, 6.45) is 0. The fourth-order valence-corrected chi connectivity index (χ4v) is 4.26. The Labute approximate surface area is 237 Å². The maximum absolute atomic E-state index is 12.9. The van der Waals surface area contributed by atoms with Crippen LogP contribution in [-0.4, -0.2) is 48.3 Å². The Kier molecular flexibility index (Phi) is 10.3. The van der Waals surface area contributed by atoms with Gasteiger partial charge in [-0.25, -0.2) is 15.0 Å². The molecule has 2 aromatic rings. The number of esters is 2. The Morgan fingerprint density at radius 1 is 0.927 bits per heavy atom. The third kappa shape index (κ3) is 7.56. The minimum Gasteiger partial charge on any atom is -0.484 e. The van der Waals surface area contributed by atoms with E-state index < -0.39 is 28.7 Å². The van der Waals surface area contributed by atoms with Crippen molar-refractivity contribution in [2.24, 2.45) is 5.10 Å². The van der Waals surface area contributed by atoms with E-state index in [-0.39, 0.29) is 25.5 Å². The van der Waals surface area contributed by atoms with E-state index in [9.17, 15) is 24.5 Å². The fourth-order valence-electron chi connectivity index (χ4n) is 4.26. The molecule has 0 spiro atoms. The number of rotatable bonds is 11. The second kappa shape index (κ2) is 13.9.